The summed E-state index contributed by atoms with van der Waals surface area (Å²) in [5.41, 5.74) is 0. The van der Waals surface area contributed by atoms with Gasteiger partial charge in [-0.25, -0.2) is 13.4 Å². The zero-order chi connectivity index (χ0) is 22.1. The molecular formula is C20H32N4O5S. The molecule has 2 saturated heterocycles. The fourth-order valence-corrected chi connectivity index (χ4v) is 5.82. The average molecular weight is 441 g/mol. The number of nitrogens with zero attached hydrogens (tertiary/aromatic N) is 4. The molecule has 1 amide bonds. The first-order valence-electron chi connectivity index (χ1n) is 10.5. The van der Waals surface area contributed by atoms with Crippen molar-refractivity contribution in [2.45, 2.75) is 45.1 Å². The number of amides is 1. The zero-order valence-electron chi connectivity index (χ0n) is 18.2. The summed E-state index contributed by atoms with van der Waals surface area (Å²) in [6.45, 7) is 7.59. The van der Waals surface area contributed by atoms with Gasteiger partial charge in [0, 0.05) is 39.4 Å². The van der Waals surface area contributed by atoms with Gasteiger partial charge < -0.3 is 14.2 Å². The summed E-state index contributed by atoms with van der Waals surface area (Å²) in [7, 11) is -1.93. The summed E-state index contributed by atoms with van der Waals surface area (Å²) in [6.07, 6.45) is 3.34. The summed E-state index contributed by atoms with van der Waals surface area (Å²) in [5, 5.41) is 0.0270. The molecule has 2 atom stereocenters. The zero-order valence-corrected chi connectivity index (χ0v) is 19.0. The van der Waals surface area contributed by atoms with E-state index in [0.29, 0.717) is 43.6 Å². The van der Waals surface area contributed by atoms with Gasteiger partial charge in [0.2, 0.25) is 0 Å². The molecule has 9 nitrogen and oxygen atoms in total. The van der Waals surface area contributed by atoms with E-state index in [9.17, 15) is 18.0 Å². The van der Waals surface area contributed by atoms with E-state index in [0.717, 1.165) is 6.42 Å². The van der Waals surface area contributed by atoms with Crippen LogP contribution in [0.4, 0.5) is 0 Å². The Bertz CT molecular complexity index is 860. The molecule has 2 unspecified atom stereocenters. The largest absolute Gasteiger partial charge is 0.455 e. The van der Waals surface area contributed by atoms with Crippen LogP contribution in [-0.4, -0.2) is 71.8 Å². The van der Waals surface area contributed by atoms with E-state index in [2.05, 4.69) is 18.8 Å². The Morgan fingerprint density at radius 3 is 2.30 bits per heavy atom. The van der Waals surface area contributed by atoms with Crippen LogP contribution in [0, 0.1) is 24.7 Å². The predicted octanol–water partition coefficient (Wildman–Crippen LogP) is 1.18. The van der Waals surface area contributed by atoms with Crippen molar-refractivity contribution in [3.63, 3.8) is 0 Å². The fraction of sp³-hybridized carbons (Fsp3) is 0.750. The highest BCUT2D eigenvalue weighted by molar-refractivity contribution is 7.89. The maximum Gasteiger partial charge on any atom is 0.309 e. The summed E-state index contributed by atoms with van der Waals surface area (Å²) in [4.78, 5) is 30.7. The lowest BCUT2D eigenvalue weighted by Gasteiger charge is -2.35. The van der Waals surface area contributed by atoms with E-state index < -0.39 is 21.9 Å². The molecule has 30 heavy (non-hydrogen) atoms. The molecule has 1 aromatic heterocycles. The Morgan fingerprint density at radius 2 is 1.77 bits per heavy atom. The van der Waals surface area contributed by atoms with Gasteiger partial charge in [-0.05, 0) is 38.0 Å². The van der Waals surface area contributed by atoms with E-state index in [1.54, 1.807) is 23.4 Å². The number of imidazole rings is 1. The third-order valence-electron chi connectivity index (χ3n) is 6.04. The van der Waals surface area contributed by atoms with Crippen LogP contribution in [0.5, 0.6) is 0 Å². The first-order valence-corrected chi connectivity index (χ1v) is 12.0. The van der Waals surface area contributed by atoms with Gasteiger partial charge in [0.25, 0.3) is 15.9 Å². The number of piperidine rings is 2. The molecule has 0 aliphatic carbocycles. The lowest BCUT2D eigenvalue weighted by molar-refractivity contribution is -0.157. The van der Waals surface area contributed by atoms with Crippen molar-refractivity contribution in [1.29, 1.82) is 0 Å². The Hall–Kier alpha value is -1.94. The number of carbonyl (C=O) groups excluding carboxylic acids is 2. The van der Waals surface area contributed by atoms with Crippen LogP contribution in [0.2, 0.25) is 0 Å². The quantitative estimate of drug-likeness (QED) is 0.637. The number of aromatic nitrogens is 2. The number of likely N-dealkylation sites (tertiary alicyclic amines) is 1. The van der Waals surface area contributed by atoms with Crippen LogP contribution in [0.15, 0.2) is 11.2 Å². The molecule has 0 saturated carbocycles. The van der Waals surface area contributed by atoms with E-state index in [1.165, 1.54) is 10.5 Å². The highest BCUT2D eigenvalue weighted by Crippen LogP contribution is 2.25. The molecule has 2 aliphatic rings. The van der Waals surface area contributed by atoms with Crippen LogP contribution in [0.1, 0.15) is 38.9 Å². The van der Waals surface area contributed by atoms with Crippen molar-refractivity contribution in [2.24, 2.45) is 24.8 Å². The van der Waals surface area contributed by atoms with Gasteiger partial charge in [-0.15, -0.1) is 0 Å². The fourth-order valence-electron chi connectivity index (χ4n) is 4.32. The summed E-state index contributed by atoms with van der Waals surface area (Å²) >= 11 is 0. The van der Waals surface area contributed by atoms with E-state index >= 15 is 0 Å². The van der Waals surface area contributed by atoms with Crippen LogP contribution in [-0.2, 0) is 31.4 Å². The second kappa shape index (κ2) is 9.05. The highest BCUT2D eigenvalue weighted by atomic mass is 32.2. The summed E-state index contributed by atoms with van der Waals surface area (Å²) < 4.78 is 33.8. The number of aryl methyl sites for hydroxylation is 2. The van der Waals surface area contributed by atoms with Gasteiger partial charge >= 0.3 is 5.97 Å². The Morgan fingerprint density at radius 1 is 1.17 bits per heavy atom. The van der Waals surface area contributed by atoms with Crippen molar-refractivity contribution in [2.75, 3.05) is 32.8 Å². The summed E-state index contributed by atoms with van der Waals surface area (Å²) in [6, 6.07) is 0. The van der Waals surface area contributed by atoms with E-state index in [4.69, 9.17) is 4.74 Å². The molecule has 0 bridgehead atoms. The van der Waals surface area contributed by atoms with E-state index in [-0.39, 0.29) is 30.6 Å². The molecule has 0 radical (unpaired) electrons. The molecule has 2 aliphatic heterocycles. The monoisotopic (exact) mass is 440 g/mol. The molecule has 10 heteroatoms. The van der Waals surface area contributed by atoms with Crippen LogP contribution >= 0.6 is 0 Å². The van der Waals surface area contributed by atoms with Crippen molar-refractivity contribution in [3.05, 3.63) is 12.0 Å². The minimum Gasteiger partial charge on any atom is -0.455 e. The smallest absolute Gasteiger partial charge is 0.309 e. The topological polar surface area (TPSA) is 102 Å². The molecular weight excluding hydrogens is 408 g/mol. The number of sulfonamides is 1. The van der Waals surface area contributed by atoms with Gasteiger partial charge in [0.15, 0.2) is 11.6 Å². The van der Waals surface area contributed by atoms with Crippen molar-refractivity contribution >= 4 is 21.9 Å². The van der Waals surface area contributed by atoms with Gasteiger partial charge in [-0.2, -0.15) is 4.31 Å². The van der Waals surface area contributed by atoms with Crippen molar-refractivity contribution in [3.8, 4) is 0 Å². The normalized spacial score (nSPS) is 24.1. The summed E-state index contributed by atoms with van der Waals surface area (Å²) in [5.74, 6) is 0.535. The number of rotatable bonds is 5. The number of ether oxygens (including phenoxy) is 1. The minimum atomic E-state index is -3.68. The maximum atomic E-state index is 12.8. The number of hydrogen-bond donors (Lipinski definition) is 0. The van der Waals surface area contributed by atoms with Crippen molar-refractivity contribution in [1.82, 2.24) is 18.8 Å². The molecule has 1 aromatic rings. The number of carbonyl (C=O) groups is 2. The molecule has 3 rings (SSSR count). The van der Waals surface area contributed by atoms with Crippen molar-refractivity contribution < 1.29 is 22.7 Å². The van der Waals surface area contributed by atoms with Gasteiger partial charge in [-0.3, -0.25) is 9.59 Å². The number of hydrogen-bond acceptors (Lipinski definition) is 6. The second-order valence-electron chi connectivity index (χ2n) is 8.77. The van der Waals surface area contributed by atoms with Crippen LogP contribution in [0.25, 0.3) is 0 Å². The molecule has 0 spiro atoms. The average Bonchev–Trinajstić information content (AvgIpc) is 3.04. The SMILES string of the molecule is Cc1nc(S(=O)(=O)N2CCC(C(=O)OCC(=O)N3CC(C)CC(C)C3)CC2)cn1C. The first kappa shape index (κ1) is 22.7. The Labute approximate surface area is 178 Å². The molecule has 3 heterocycles. The maximum absolute atomic E-state index is 12.8. The third kappa shape index (κ3) is 5.03. The van der Waals surface area contributed by atoms with Gasteiger partial charge in [0.05, 0.1) is 5.92 Å². The Kier molecular flexibility index (Phi) is 6.86. The lowest BCUT2D eigenvalue weighted by Crippen LogP contribution is -2.45. The number of esters is 1. The molecule has 2 fully saturated rings. The van der Waals surface area contributed by atoms with Gasteiger partial charge in [0.1, 0.15) is 5.82 Å². The molecule has 168 valence electrons. The third-order valence-corrected chi connectivity index (χ3v) is 7.81. The van der Waals surface area contributed by atoms with E-state index in [1.807, 2.05) is 0 Å². The standard InChI is InChI=1S/C20H32N4O5S/c1-14-9-15(2)11-23(10-14)19(25)13-29-20(26)17-5-7-24(8-6-17)30(27,28)18-12-22(4)16(3)21-18/h12,14-15,17H,5-11,13H2,1-4H3. The molecule has 0 aromatic carbocycles. The van der Waals surface area contributed by atoms with Gasteiger partial charge in [-0.1, -0.05) is 13.8 Å². The minimum absolute atomic E-state index is 0.0270. The second-order valence-corrected chi connectivity index (χ2v) is 10.7. The van der Waals surface area contributed by atoms with Crippen LogP contribution in [0.3, 0.4) is 0 Å². The first-order chi connectivity index (χ1) is 14.1. The van der Waals surface area contributed by atoms with Crippen LogP contribution < -0.4 is 0 Å². The Balaban J connectivity index is 1.49. The molecule has 0 N–H and O–H groups in total. The predicted molar refractivity (Wildman–Crippen MR) is 110 cm³/mol. The lowest BCUT2D eigenvalue weighted by atomic mass is 9.92. The highest BCUT2D eigenvalue weighted by Gasteiger charge is 2.34.